The summed E-state index contributed by atoms with van der Waals surface area (Å²) >= 11 is 0. The highest BCUT2D eigenvalue weighted by molar-refractivity contribution is 6.35. The SMILES string of the molecule is Cc1c(-c2ccc3c(c2)C(=Cc2cc4cccnc4[nH]2)C(=O)N3)cnc2c1NCCO2. The van der Waals surface area contributed by atoms with Gasteiger partial charge in [0.15, 0.2) is 0 Å². The average Bonchev–Trinajstić information content (AvgIpc) is 3.34. The summed E-state index contributed by atoms with van der Waals surface area (Å²) in [5, 5.41) is 7.35. The second-order valence-electron chi connectivity index (χ2n) is 7.69. The van der Waals surface area contributed by atoms with Crippen LogP contribution in [0, 0.1) is 6.92 Å². The number of anilines is 2. The van der Waals surface area contributed by atoms with Gasteiger partial charge in [-0.05, 0) is 54.5 Å². The molecule has 2 aliphatic rings. The molecule has 0 atom stereocenters. The van der Waals surface area contributed by atoms with Crippen molar-refractivity contribution < 1.29 is 9.53 Å². The zero-order chi connectivity index (χ0) is 20.9. The number of H-pyrrole nitrogens is 1. The Morgan fingerprint density at radius 1 is 1.13 bits per heavy atom. The van der Waals surface area contributed by atoms with Gasteiger partial charge in [0.2, 0.25) is 5.88 Å². The van der Waals surface area contributed by atoms with Gasteiger partial charge in [0.05, 0.1) is 5.57 Å². The zero-order valence-electron chi connectivity index (χ0n) is 16.8. The van der Waals surface area contributed by atoms with E-state index < -0.39 is 0 Å². The Morgan fingerprint density at radius 2 is 2.06 bits per heavy atom. The molecule has 6 rings (SSSR count). The Hall–Kier alpha value is -4.13. The first-order valence-corrected chi connectivity index (χ1v) is 10.2. The van der Waals surface area contributed by atoms with E-state index in [0.717, 1.165) is 56.9 Å². The molecule has 3 aromatic heterocycles. The van der Waals surface area contributed by atoms with Crippen LogP contribution in [0.1, 0.15) is 16.8 Å². The summed E-state index contributed by atoms with van der Waals surface area (Å²) in [6.07, 6.45) is 5.45. The lowest BCUT2D eigenvalue weighted by atomic mass is 9.96. The molecule has 1 aromatic carbocycles. The van der Waals surface area contributed by atoms with Crippen molar-refractivity contribution in [2.45, 2.75) is 6.92 Å². The minimum absolute atomic E-state index is 0.117. The molecular weight excluding hydrogens is 390 g/mol. The summed E-state index contributed by atoms with van der Waals surface area (Å²) in [6, 6.07) is 11.9. The van der Waals surface area contributed by atoms with E-state index in [1.54, 1.807) is 6.20 Å². The molecule has 31 heavy (non-hydrogen) atoms. The van der Waals surface area contributed by atoms with Gasteiger partial charge < -0.3 is 20.4 Å². The first-order valence-electron chi connectivity index (χ1n) is 10.2. The van der Waals surface area contributed by atoms with Crippen LogP contribution in [0.3, 0.4) is 0 Å². The fourth-order valence-electron chi connectivity index (χ4n) is 4.22. The van der Waals surface area contributed by atoms with Crippen LogP contribution >= 0.6 is 0 Å². The summed E-state index contributed by atoms with van der Waals surface area (Å²) in [5.74, 6) is 0.521. The average molecular weight is 409 g/mol. The Balaban J connectivity index is 1.45. The van der Waals surface area contributed by atoms with Crippen molar-refractivity contribution in [1.29, 1.82) is 0 Å². The number of ether oxygens (including phenoxy) is 1. The first-order chi connectivity index (χ1) is 15.2. The largest absolute Gasteiger partial charge is 0.474 e. The van der Waals surface area contributed by atoms with E-state index in [0.29, 0.717) is 18.1 Å². The predicted molar refractivity (Wildman–Crippen MR) is 121 cm³/mol. The molecule has 2 aliphatic heterocycles. The standard InChI is InChI=1S/C24H19N5O2/c1-13-19(12-27-24-21(13)25-7-8-31-24)14-4-5-20-17(10-14)18(23(30)29-20)11-16-9-15-3-2-6-26-22(15)28-16/h2-6,9-12,25H,7-8H2,1H3,(H,26,28)(H,29,30). The van der Waals surface area contributed by atoms with E-state index in [-0.39, 0.29) is 5.91 Å². The quantitative estimate of drug-likeness (QED) is 0.431. The van der Waals surface area contributed by atoms with Crippen molar-refractivity contribution in [2.24, 2.45) is 0 Å². The molecule has 3 N–H and O–H groups in total. The molecule has 152 valence electrons. The molecule has 1 amide bonds. The molecule has 0 radical (unpaired) electrons. The lowest BCUT2D eigenvalue weighted by Crippen LogP contribution is -2.20. The number of pyridine rings is 2. The lowest BCUT2D eigenvalue weighted by molar-refractivity contribution is -0.110. The number of benzene rings is 1. The zero-order valence-corrected chi connectivity index (χ0v) is 16.8. The molecule has 0 saturated carbocycles. The Bertz CT molecular complexity index is 1370. The van der Waals surface area contributed by atoms with Crippen LogP contribution in [0.2, 0.25) is 0 Å². The summed E-state index contributed by atoms with van der Waals surface area (Å²) < 4.78 is 5.65. The molecule has 0 saturated heterocycles. The summed E-state index contributed by atoms with van der Waals surface area (Å²) in [6.45, 7) is 3.43. The number of hydrogen-bond donors (Lipinski definition) is 3. The number of hydrogen-bond acceptors (Lipinski definition) is 5. The van der Waals surface area contributed by atoms with Crippen LogP contribution in [0.5, 0.6) is 5.88 Å². The third-order valence-electron chi connectivity index (χ3n) is 5.77. The number of aromatic amines is 1. The first kappa shape index (κ1) is 17.7. The molecule has 7 nitrogen and oxygen atoms in total. The normalized spacial score (nSPS) is 15.9. The Kier molecular flexibility index (Phi) is 3.83. The third-order valence-corrected chi connectivity index (χ3v) is 5.77. The maximum Gasteiger partial charge on any atom is 0.256 e. The van der Waals surface area contributed by atoms with Gasteiger partial charge in [-0.15, -0.1) is 0 Å². The third kappa shape index (κ3) is 2.85. The smallest absolute Gasteiger partial charge is 0.256 e. The highest BCUT2D eigenvalue weighted by atomic mass is 16.5. The Morgan fingerprint density at radius 3 is 2.97 bits per heavy atom. The highest BCUT2D eigenvalue weighted by Crippen LogP contribution is 2.39. The van der Waals surface area contributed by atoms with E-state index in [1.165, 1.54) is 0 Å². The molecule has 0 spiro atoms. The number of aromatic nitrogens is 3. The van der Waals surface area contributed by atoms with Crippen LogP contribution in [-0.4, -0.2) is 34.0 Å². The maximum atomic E-state index is 12.7. The van der Waals surface area contributed by atoms with Crippen LogP contribution < -0.4 is 15.4 Å². The van der Waals surface area contributed by atoms with Crippen molar-refractivity contribution in [1.82, 2.24) is 15.0 Å². The van der Waals surface area contributed by atoms with Gasteiger partial charge in [-0.2, -0.15) is 0 Å². The predicted octanol–water partition coefficient (Wildman–Crippen LogP) is 4.23. The minimum atomic E-state index is -0.117. The highest BCUT2D eigenvalue weighted by Gasteiger charge is 2.26. The van der Waals surface area contributed by atoms with Crippen molar-refractivity contribution in [3.8, 4) is 17.0 Å². The molecule has 4 aromatic rings. The number of amides is 1. The fourth-order valence-corrected chi connectivity index (χ4v) is 4.22. The monoisotopic (exact) mass is 409 g/mol. The number of carbonyl (C=O) groups excluding carboxylic acids is 1. The topological polar surface area (TPSA) is 91.9 Å². The number of carbonyl (C=O) groups is 1. The molecule has 0 fully saturated rings. The van der Waals surface area contributed by atoms with E-state index in [2.05, 4.69) is 32.5 Å². The van der Waals surface area contributed by atoms with Gasteiger partial charge in [-0.1, -0.05) is 6.07 Å². The van der Waals surface area contributed by atoms with Gasteiger partial charge in [-0.3, -0.25) is 4.79 Å². The van der Waals surface area contributed by atoms with Gasteiger partial charge in [0, 0.05) is 46.8 Å². The number of nitrogens with one attached hydrogen (secondary N) is 3. The molecule has 7 heteroatoms. The second-order valence-corrected chi connectivity index (χ2v) is 7.69. The van der Waals surface area contributed by atoms with E-state index >= 15 is 0 Å². The van der Waals surface area contributed by atoms with Gasteiger partial charge in [0.1, 0.15) is 17.9 Å². The van der Waals surface area contributed by atoms with Crippen LogP contribution in [-0.2, 0) is 4.79 Å². The minimum Gasteiger partial charge on any atom is -0.474 e. The molecule has 0 aliphatic carbocycles. The van der Waals surface area contributed by atoms with Crippen molar-refractivity contribution in [3.63, 3.8) is 0 Å². The van der Waals surface area contributed by atoms with Gasteiger partial charge >= 0.3 is 0 Å². The maximum absolute atomic E-state index is 12.7. The molecular formula is C24H19N5O2. The number of rotatable bonds is 2. The van der Waals surface area contributed by atoms with Crippen LogP contribution in [0.15, 0.2) is 48.8 Å². The van der Waals surface area contributed by atoms with Crippen LogP contribution in [0.25, 0.3) is 33.8 Å². The van der Waals surface area contributed by atoms with Gasteiger partial charge in [-0.25, -0.2) is 9.97 Å². The number of fused-ring (bicyclic) bond motifs is 3. The van der Waals surface area contributed by atoms with Crippen molar-refractivity contribution in [2.75, 3.05) is 23.8 Å². The Labute approximate surface area is 178 Å². The van der Waals surface area contributed by atoms with E-state index in [1.807, 2.05) is 48.7 Å². The molecule has 0 bridgehead atoms. The molecule has 5 heterocycles. The van der Waals surface area contributed by atoms with Crippen molar-refractivity contribution >= 4 is 40.0 Å². The second kappa shape index (κ2) is 6.70. The van der Waals surface area contributed by atoms with Crippen molar-refractivity contribution in [3.05, 3.63) is 65.6 Å². The summed E-state index contributed by atoms with van der Waals surface area (Å²) in [4.78, 5) is 24.8. The number of nitrogens with zero attached hydrogens (tertiary/aromatic N) is 2. The molecule has 0 unspecified atom stereocenters. The summed E-state index contributed by atoms with van der Waals surface area (Å²) in [5.41, 5.74) is 7.95. The lowest BCUT2D eigenvalue weighted by Gasteiger charge is -2.21. The van der Waals surface area contributed by atoms with E-state index in [4.69, 9.17) is 4.74 Å². The van der Waals surface area contributed by atoms with Crippen LogP contribution in [0.4, 0.5) is 11.4 Å². The fraction of sp³-hybridized carbons (Fsp3) is 0.125. The summed E-state index contributed by atoms with van der Waals surface area (Å²) in [7, 11) is 0. The van der Waals surface area contributed by atoms with E-state index in [9.17, 15) is 4.79 Å². The van der Waals surface area contributed by atoms with Gasteiger partial charge in [0.25, 0.3) is 5.91 Å².